The van der Waals surface area contributed by atoms with Crippen molar-refractivity contribution in [3.05, 3.63) is 73.7 Å². The van der Waals surface area contributed by atoms with E-state index in [1.807, 2.05) is 6.07 Å². The van der Waals surface area contributed by atoms with Gasteiger partial charge in [0, 0.05) is 29.2 Å². The van der Waals surface area contributed by atoms with Gasteiger partial charge in [-0.05, 0) is 31.0 Å². The summed E-state index contributed by atoms with van der Waals surface area (Å²) in [6.45, 7) is 4.72. The number of non-ortho nitro benzene ring substituents is 1. The lowest BCUT2D eigenvalue weighted by molar-refractivity contribution is -0.385. The third-order valence-electron chi connectivity index (χ3n) is 3.34. The molecular formula is C16H17BrN2O2. The maximum Gasteiger partial charge on any atom is 0.270 e. The standard InChI is InChI=1S/C16H17BrN2O2/c1-11-3-5-14(6-4-11)12(2)18-10-13-7-15(17)9-16(8-13)19(20)21/h3-9,12,18H,10H2,1-2H3. The summed E-state index contributed by atoms with van der Waals surface area (Å²) in [5.74, 6) is 0. The fourth-order valence-electron chi connectivity index (χ4n) is 2.08. The molecule has 0 aromatic heterocycles. The molecule has 0 spiro atoms. The molecule has 0 bridgehead atoms. The Morgan fingerprint density at radius 3 is 2.52 bits per heavy atom. The first-order valence-corrected chi connectivity index (χ1v) is 7.49. The third kappa shape index (κ3) is 4.37. The van der Waals surface area contributed by atoms with E-state index in [1.54, 1.807) is 6.07 Å². The molecule has 4 nitrogen and oxygen atoms in total. The fourth-order valence-corrected chi connectivity index (χ4v) is 2.61. The molecular weight excluding hydrogens is 332 g/mol. The number of hydrogen-bond acceptors (Lipinski definition) is 3. The predicted molar refractivity (Wildman–Crippen MR) is 87.2 cm³/mol. The Morgan fingerprint density at radius 1 is 1.24 bits per heavy atom. The normalized spacial score (nSPS) is 12.1. The minimum absolute atomic E-state index is 0.101. The molecule has 2 aromatic carbocycles. The SMILES string of the molecule is Cc1ccc(C(C)NCc2cc(Br)cc([N+](=O)[O-])c2)cc1. The van der Waals surface area contributed by atoms with Crippen LogP contribution in [0.3, 0.4) is 0 Å². The number of hydrogen-bond donors (Lipinski definition) is 1. The highest BCUT2D eigenvalue weighted by Crippen LogP contribution is 2.22. The molecule has 1 atom stereocenters. The van der Waals surface area contributed by atoms with E-state index >= 15 is 0 Å². The first-order valence-electron chi connectivity index (χ1n) is 6.69. The van der Waals surface area contributed by atoms with Crippen molar-refractivity contribution in [3.63, 3.8) is 0 Å². The highest BCUT2D eigenvalue weighted by Gasteiger charge is 2.10. The Kier molecular flexibility index (Phi) is 5.09. The van der Waals surface area contributed by atoms with Crippen molar-refractivity contribution >= 4 is 21.6 Å². The molecule has 0 radical (unpaired) electrons. The molecule has 0 amide bonds. The summed E-state index contributed by atoms with van der Waals surface area (Å²) in [5, 5.41) is 14.2. The lowest BCUT2D eigenvalue weighted by Crippen LogP contribution is -2.18. The number of halogens is 1. The molecule has 2 rings (SSSR count). The van der Waals surface area contributed by atoms with Crippen LogP contribution in [-0.4, -0.2) is 4.92 Å². The number of aryl methyl sites for hydroxylation is 1. The Labute approximate surface area is 132 Å². The number of nitrogens with zero attached hydrogens (tertiary/aromatic N) is 1. The number of rotatable bonds is 5. The molecule has 2 aromatic rings. The summed E-state index contributed by atoms with van der Waals surface area (Å²) < 4.78 is 0.719. The van der Waals surface area contributed by atoms with Crippen molar-refractivity contribution in [2.75, 3.05) is 0 Å². The zero-order valence-corrected chi connectivity index (χ0v) is 13.6. The molecule has 0 saturated carbocycles. The van der Waals surface area contributed by atoms with Crippen molar-refractivity contribution in [1.29, 1.82) is 0 Å². The van der Waals surface area contributed by atoms with Crippen LogP contribution < -0.4 is 5.32 Å². The van der Waals surface area contributed by atoms with Crippen LogP contribution in [-0.2, 0) is 6.54 Å². The van der Waals surface area contributed by atoms with Crippen LogP contribution in [0.5, 0.6) is 0 Å². The lowest BCUT2D eigenvalue weighted by atomic mass is 10.1. The Morgan fingerprint density at radius 2 is 1.90 bits per heavy atom. The number of nitrogens with one attached hydrogen (secondary N) is 1. The highest BCUT2D eigenvalue weighted by atomic mass is 79.9. The van der Waals surface area contributed by atoms with Crippen molar-refractivity contribution < 1.29 is 4.92 Å². The van der Waals surface area contributed by atoms with Gasteiger partial charge in [0.05, 0.1) is 4.92 Å². The van der Waals surface area contributed by atoms with E-state index in [9.17, 15) is 10.1 Å². The second kappa shape index (κ2) is 6.83. The molecule has 0 heterocycles. The Hall–Kier alpha value is -1.72. The molecule has 0 fully saturated rings. The van der Waals surface area contributed by atoms with Crippen LogP contribution in [0.4, 0.5) is 5.69 Å². The van der Waals surface area contributed by atoms with Gasteiger partial charge < -0.3 is 5.32 Å². The fraction of sp³-hybridized carbons (Fsp3) is 0.250. The lowest BCUT2D eigenvalue weighted by Gasteiger charge is -2.14. The van der Waals surface area contributed by atoms with Crippen LogP contribution in [0.2, 0.25) is 0 Å². The monoisotopic (exact) mass is 348 g/mol. The van der Waals surface area contributed by atoms with E-state index in [0.717, 1.165) is 10.0 Å². The quantitative estimate of drug-likeness (QED) is 0.638. The van der Waals surface area contributed by atoms with Gasteiger partial charge in [-0.2, -0.15) is 0 Å². The molecule has 110 valence electrons. The van der Waals surface area contributed by atoms with Crippen molar-refractivity contribution in [2.45, 2.75) is 26.4 Å². The van der Waals surface area contributed by atoms with Gasteiger partial charge in [0.2, 0.25) is 0 Å². The van der Waals surface area contributed by atoms with Gasteiger partial charge in [0.25, 0.3) is 5.69 Å². The summed E-state index contributed by atoms with van der Waals surface area (Å²) in [4.78, 5) is 10.5. The van der Waals surface area contributed by atoms with Crippen molar-refractivity contribution in [2.24, 2.45) is 0 Å². The van der Waals surface area contributed by atoms with Crippen LogP contribution in [0.15, 0.2) is 46.9 Å². The van der Waals surface area contributed by atoms with Crippen LogP contribution in [0.25, 0.3) is 0 Å². The van der Waals surface area contributed by atoms with E-state index in [0.29, 0.717) is 6.54 Å². The van der Waals surface area contributed by atoms with Gasteiger partial charge in [-0.15, -0.1) is 0 Å². The highest BCUT2D eigenvalue weighted by molar-refractivity contribution is 9.10. The minimum atomic E-state index is -0.377. The first kappa shape index (κ1) is 15.7. The largest absolute Gasteiger partial charge is 0.306 e. The maximum absolute atomic E-state index is 10.9. The van der Waals surface area contributed by atoms with Crippen LogP contribution >= 0.6 is 15.9 Å². The predicted octanol–water partition coefficient (Wildman–Crippen LogP) is 4.52. The van der Waals surface area contributed by atoms with E-state index < -0.39 is 0 Å². The average molecular weight is 349 g/mol. The molecule has 5 heteroatoms. The third-order valence-corrected chi connectivity index (χ3v) is 3.80. The second-order valence-electron chi connectivity index (χ2n) is 5.09. The van der Waals surface area contributed by atoms with Gasteiger partial charge >= 0.3 is 0 Å². The zero-order chi connectivity index (χ0) is 15.4. The summed E-state index contributed by atoms with van der Waals surface area (Å²) >= 11 is 3.31. The van der Waals surface area contributed by atoms with E-state index in [2.05, 4.69) is 59.4 Å². The minimum Gasteiger partial charge on any atom is -0.306 e. The summed E-state index contributed by atoms with van der Waals surface area (Å²) in [6.07, 6.45) is 0. The van der Waals surface area contributed by atoms with E-state index in [-0.39, 0.29) is 16.7 Å². The maximum atomic E-state index is 10.9. The first-order chi connectivity index (χ1) is 9.95. The second-order valence-corrected chi connectivity index (χ2v) is 6.00. The summed E-state index contributed by atoms with van der Waals surface area (Å²) in [6, 6.07) is 13.5. The van der Waals surface area contributed by atoms with Gasteiger partial charge in [-0.1, -0.05) is 45.8 Å². The average Bonchev–Trinajstić information content (AvgIpc) is 2.45. The molecule has 0 aliphatic rings. The molecule has 1 N–H and O–H groups in total. The molecule has 0 saturated heterocycles. The summed E-state index contributed by atoms with van der Waals surface area (Å²) in [7, 11) is 0. The number of nitro groups is 1. The number of benzene rings is 2. The van der Waals surface area contributed by atoms with E-state index in [4.69, 9.17) is 0 Å². The van der Waals surface area contributed by atoms with Gasteiger partial charge in [0.15, 0.2) is 0 Å². The Balaban J connectivity index is 2.05. The van der Waals surface area contributed by atoms with Gasteiger partial charge in [-0.25, -0.2) is 0 Å². The Bertz CT molecular complexity index is 641. The van der Waals surface area contributed by atoms with Gasteiger partial charge in [-0.3, -0.25) is 10.1 Å². The van der Waals surface area contributed by atoms with E-state index in [1.165, 1.54) is 17.2 Å². The molecule has 21 heavy (non-hydrogen) atoms. The van der Waals surface area contributed by atoms with Crippen LogP contribution in [0, 0.1) is 17.0 Å². The van der Waals surface area contributed by atoms with Crippen molar-refractivity contribution in [3.8, 4) is 0 Å². The zero-order valence-electron chi connectivity index (χ0n) is 12.0. The molecule has 0 aliphatic heterocycles. The van der Waals surface area contributed by atoms with Crippen LogP contribution in [0.1, 0.15) is 29.7 Å². The van der Waals surface area contributed by atoms with Crippen molar-refractivity contribution in [1.82, 2.24) is 5.32 Å². The number of nitro benzene ring substituents is 1. The molecule has 1 unspecified atom stereocenters. The topological polar surface area (TPSA) is 55.2 Å². The summed E-state index contributed by atoms with van der Waals surface area (Å²) in [5.41, 5.74) is 3.41. The smallest absolute Gasteiger partial charge is 0.270 e. The molecule has 0 aliphatic carbocycles. The van der Waals surface area contributed by atoms with Gasteiger partial charge in [0.1, 0.15) is 0 Å².